The molecule has 0 radical (unpaired) electrons. The number of hydrazone groups is 1. The Morgan fingerprint density at radius 2 is 1.92 bits per heavy atom. The fraction of sp³-hybridized carbons (Fsp3) is 0.188. The molecular formula is C16H14N4O2S2. The van der Waals surface area contributed by atoms with Crippen molar-refractivity contribution in [3.05, 3.63) is 43.8 Å². The van der Waals surface area contributed by atoms with E-state index in [1.165, 1.54) is 15.9 Å². The Morgan fingerprint density at radius 1 is 1.17 bits per heavy atom. The molecule has 0 atom stereocenters. The van der Waals surface area contributed by atoms with Crippen molar-refractivity contribution >= 4 is 51.0 Å². The Balaban J connectivity index is 2.03. The highest BCUT2D eigenvalue weighted by Gasteiger charge is 2.26. The topological polar surface area (TPSA) is 66.7 Å². The van der Waals surface area contributed by atoms with Crippen LogP contribution < -0.4 is 25.1 Å². The van der Waals surface area contributed by atoms with E-state index in [0.29, 0.717) is 20.5 Å². The number of carbonyl (C=O) groups excluding carboxylic acids is 1. The molecule has 0 saturated carbocycles. The number of fused-ring (bicyclic) bond motifs is 1. The lowest BCUT2D eigenvalue weighted by Crippen LogP contribution is -2.33. The minimum Gasteiger partial charge on any atom is -0.337 e. The van der Waals surface area contributed by atoms with Crippen LogP contribution in [0.5, 0.6) is 0 Å². The number of hydrogen-bond donors (Lipinski definition) is 1. The fourth-order valence-corrected chi connectivity index (χ4v) is 5.30. The number of amides is 1. The normalized spacial score (nSPS) is 21.0. The van der Waals surface area contributed by atoms with E-state index in [4.69, 9.17) is 0 Å². The van der Waals surface area contributed by atoms with Crippen molar-refractivity contribution in [3.63, 3.8) is 0 Å². The van der Waals surface area contributed by atoms with Gasteiger partial charge in [0.1, 0.15) is 14.2 Å². The molecule has 0 unspecified atom stereocenters. The number of para-hydroxylation sites is 1. The van der Waals surface area contributed by atoms with E-state index in [1.807, 2.05) is 36.2 Å². The number of rotatable bonds is 0. The second kappa shape index (κ2) is 5.35. The van der Waals surface area contributed by atoms with E-state index >= 15 is 0 Å². The molecule has 122 valence electrons. The summed E-state index contributed by atoms with van der Waals surface area (Å²) in [6.45, 7) is 1.76. The summed E-state index contributed by atoms with van der Waals surface area (Å²) in [6.07, 6.45) is 0. The van der Waals surface area contributed by atoms with Gasteiger partial charge in [-0.15, -0.1) is 11.3 Å². The summed E-state index contributed by atoms with van der Waals surface area (Å²) in [4.78, 5) is 27.9. The third kappa shape index (κ3) is 2.06. The average molecular weight is 358 g/mol. The lowest BCUT2D eigenvalue weighted by molar-refractivity contribution is -0.115. The highest BCUT2D eigenvalue weighted by Crippen LogP contribution is 2.44. The predicted molar refractivity (Wildman–Crippen MR) is 97.6 cm³/mol. The van der Waals surface area contributed by atoms with Gasteiger partial charge >= 0.3 is 0 Å². The number of nitrogens with zero attached hydrogens (tertiary/aromatic N) is 3. The maximum atomic E-state index is 12.8. The van der Waals surface area contributed by atoms with Gasteiger partial charge in [-0.2, -0.15) is 5.10 Å². The summed E-state index contributed by atoms with van der Waals surface area (Å²) < 4.78 is 2.80. The van der Waals surface area contributed by atoms with E-state index in [1.54, 1.807) is 25.7 Å². The Hall–Kier alpha value is -2.32. The molecule has 2 aliphatic rings. The minimum atomic E-state index is -0.267. The zero-order chi connectivity index (χ0) is 17.0. The highest BCUT2D eigenvalue weighted by atomic mass is 32.2. The first-order chi connectivity index (χ1) is 11.5. The van der Waals surface area contributed by atoms with E-state index < -0.39 is 0 Å². The van der Waals surface area contributed by atoms with E-state index in [9.17, 15) is 9.59 Å². The van der Waals surface area contributed by atoms with E-state index in [0.717, 1.165) is 15.6 Å². The van der Waals surface area contributed by atoms with Crippen molar-refractivity contribution < 1.29 is 4.79 Å². The molecule has 1 aromatic carbocycles. The molecule has 24 heavy (non-hydrogen) atoms. The van der Waals surface area contributed by atoms with E-state index in [-0.39, 0.29) is 11.5 Å². The molecule has 2 aromatic rings. The lowest BCUT2D eigenvalue weighted by atomic mass is 10.2. The molecule has 0 bridgehead atoms. The molecule has 2 aliphatic heterocycles. The zero-order valence-electron chi connectivity index (χ0n) is 13.3. The van der Waals surface area contributed by atoms with Gasteiger partial charge in [0, 0.05) is 19.0 Å². The largest absolute Gasteiger partial charge is 0.337 e. The Labute approximate surface area is 145 Å². The number of thiazole rings is 1. The Kier molecular flexibility index (Phi) is 3.40. The second-order valence-electron chi connectivity index (χ2n) is 5.55. The van der Waals surface area contributed by atoms with Crippen molar-refractivity contribution in [1.29, 1.82) is 0 Å². The first-order valence-electron chi connectivity index (χ1n) is 7.29. The number of nitrogens with one attached hydrogen (secondary N) is 1. The van der Waals surface area contributed by atoms with Crippen molar-refractivity contribution in [2.75, 3.05) is 11.9 Å². The molecule has 0 aliphatic carbocycles. The van der Waals surface area contributed by atoms with Crippen LogP contribution in [0.1, 0.15) is 6.92 Å². The fourth-order valence-electron chi connectivity index (χ4n) is 2.77. The molecule has 1 amide bonds. The molecular weight excluding hydrogens is 344 g/mol. The van der Waals surface area contributed by atoms with Crippen molar-refractivity contribution in [3.8, 4) is 0 Å². The quantitative estimate of drug-likeness (QED) is 0.741. The monoisotopic (exact) mass is 358 g/mol. The number of anilines is 1. The standard InChI is InChI=1S/C16H14N4O2S2/c1-8-11(13(21)18-17-8)15-20(3)14(22)12(24-15)16-19(2)9-6-4-5-7-10(9)23-16/h4-7H,1-3H3,(H,18,21). The van der Waals surface area contributed by atoms with Crippen LogP contribution in [-0.4, -0.2) is 23.2 Å². The van der Waals surface area contributed by atoms with Crippen LogP contribution >= 0.6 is 23.1 Å². The summed E-state index contributed by atoms with van der Waals surface area (Å²) in [5.74, 6) is -0.267. The van der Waals surface area contributed by atoms with Gasteiger partial charge in [0.15, 0.2) is 0 Å². The van der Waals surface area contributed by atoms with Gasteiger partial charge < -0.3 is 9.47 Å². The first-order valence-corrected chi connectivity index (χ1v) is 8.92. The molecule has 1 aromatic heterocycles. The van der Waals surface area contributed by atoms with Crippen LogP contribution in [0.25, 0.3) is 10.6 Å². The summed E-state index contributed by atoms with van der Waals surface area (Å²) >= 11 is 2.91. The molecule has 6 nitrogen and oxygen atoms in total. The van der Waals surface area contributed by atoms with Crippen LogP contribution in [0.2, 0.25) is 0 Å². The molecule has 0 fully saturated rings. The number of benzene rings is 1. The summed E-state index contributed by atoms with van der Waals surface area (Å²) in [6, 6.07) is 8.04. The van der Waals surface area contributed by atoms with Gasteiger partial charge in [-0.05, 0) is 19.1 Å². The van der Waals surface area contributed by atoms with Crippen LogP contribution in [0.15, 0.2) is 39.1 Å². The van der Waals surface area contributed by atoms with Crippen LogP contribution in [0, 0.1) is 0 Å². The molecule has 3 heterocycles. The van der Waals surface area contributed by atoms with Crippen molar-refractivity contribution in [2.24, 2.45) is 12.1 Å². The van der Waals surface area contributed by atoms with Gasteiger partial charge in [0.2, 0.25) is 0 Å². The highest BCUT2D eigenvalue weighted by molar-refractivity contribution is 8.08. The van der Waals surface area contributed by atoms with Gasteiger partial charge in [-0.25, -0.2) is 5.43 Å². The first kappa shape index (κ1) is 15.2. The zero-order valence-corrected chi connectivity index (χ0v) is 14.9. The molecule has 0 spiro atoms. The number of hydrogen-bond acceptors (Lipinski definition) is 6. The van der Waals surface area contributed by atoms with Crippen LogP contribution in [0.3, 0.4) is 0 Å². The summed E-state index contributed by atoms with van der Waals surface area (Å²) in [5.41, 5.74) is 4.50. The molecule has 0 saturated heterocycles. The van der Waals surface area contributed by atoms with Crippen LogP contribution in [0.4, 0.5) is 5.69 Å². The maximum Gasteiger partial charge on any atom is 0.276 e. The number of aromatic nitrogens is 1. The summed E-state index contributed by atoms with van der Waals surface area (Å²) in [7, 11) is 3.64. The van der Waals surface area contributed by atoms with E-state index in [2.05, 4.69) is 10.5 Å². The van der Waals surface area contributed by atoms with Crippen molar-refractivity contribution in [2.45, 2.75) is 11.8 Å². The lowest BCUT2D eigenvalue weighted by Gasteiger charge is -2.11. The molecule has 4 rings (SSSR count). The van der Waals surface area contributed by atoms with Crippen LogP contribution in [-0.2, 0) is 11.8 Å². The van der Waals surface area contributed by atoms with Gasteiger partial charge in [0.05, 0.1) is 17.0 Å². The average Bonchev–Trinajstić information content (AvgIpc) is 3.17. The third-order valence-electron chi connectivity index (χ3n) is 4.06. The Morgan fingerprint density at radius 3 is 2.58 bits per heavy atom. The van der Waals surface area contributed by atoms with Gasteiger partial charge in [0.25, 0.3) is 11.5 Å². The Bertz CT molecular complexity index is 1090. The molecule has 8 heteroatoms. The SMILES string of the molecule is CC1=NNC(=O)C1=c1sc(=C2Sc3ccccc3N2C)c(=O)n1C. The second-order valence-corrected chi connectivity index (χ2v) is 7.58. The van der Waals surface area contributed by atoms with Gasteiger partial charge in [-0.3, -0.25) is 9.59 Å². The summed E-state index contributed by atoms with van der Waals surface area (Å²) in [5, 5.41) is 4.84. The van der Waals surface area contributed by atoms with Gasteiger partial charge in [-0.1, -0.05) is 23.9 Å². The smallest absolute Gasteiger partial charge is 0.276 e. The predicted octanol–water partition coefficient (Wildman–Crippen LogP) is 0.411. The number of carbonyl (C=O) groups is 1. The number of thioether (sulfide) groups is 1. The third-order valence-corrected chi connectivity index (χ3v) is 6.67. The van der Waals surface area contributed by atoms with Crippen molar-refractivity contribution in [1.82, 2.24) is 9.99 Å². The molecule has 1 N–H and O–H groups in total. The maximum absolute atomic E-state index is 12.8. The minimum absolute atomic E-state index is 0.0999.